The number of carbonyl (C=O) groups is 1. The van der Waals surface area contributed by atoms with E-state index in [4.69, 9.17) is 11.6 Å². The largest absolute Gasteiger partial charge is 0.349 e. The highest BCUT2D eigenvalue weighted by atomic mass is 35.5. The SMILES string of the molecule is CC(CCl)C(C)NC(=O)c1ccc(F)c(F)c1. The van der Waals surface area contributed by atoms with Crippen molar-refractivity contribution in [2.24, 2.45) is 5.92 Å². The van der Waals surface area contributed by atoms with Gasteiger partial charge in [-0.2, -0.15) is 0 Å². The van der Waals surface area contributed by atoms with Gasteiger partial charge in [0, 0.05) is 17.5 Å². The summed E-state index contributed by atoms with van der Waals surface area (Å²) in [4.78, 5) is 11.7. The molecule has 0 saturated carbocycles. The molecule has 1 aromatic carbocycles. The van der Waals surface area contributed by atoms with Crippen molar-refractivity contribution in [1.82, 2.24) is 5.32 Å². The Bertz CT molecular complexity index is 411. The lowest BCUT2D eigenvalue weighted by Gasteiger charge is -2.19. The van der Waals surface area contributed by atoms with Gasteiger partial charge in [0.1, 0.15) is 0 Å². The molecule has 2 atom stereocenters. The standard InChI is InChI=1S/C12H14ClF2NO/c1-7(6-13)8(2)16-12(17)9-3-4-10(14)11(15)5-9/h3-5,7-8H,6H2,1-2H3,(H,16,17). The average molecular weight is 262 g/mol. The summed E-state index contributed by atoms with van der Waals surface area (Å²) in [6, 6.07) is 2.92. The zero-order valence-electron chi connectivity index (χ0n) is 9.64. The van der Waals surface area contributed by atoms with Crippen LogP contribution in [0.25, 0.3) is 0 Å². The van der Waals surface area contributed by atoms with Crippen molar-refractivity contribution in [3.05, 3.63) is 35.4 Å². The maximum atomic E-state index is 12.9. The van der Waals surface area contributed by atoms with Gasteiger partial charge in [-0.25, -0.2) is 8.78 Å². The van der Waals surface area contributed by atoms with Gasteiger partial charge in [0.05, 0.1) is 0 Å². The summed E-state index contributed by atoms with van der Waals surface area (Å²) in [6.45, 7) is 3.70. The minimum absolute atomic E-state index is 0.0949. The highest BCUT2D eigenvalue weighted by molar-refractivity contribution is 6.18. The molecule has 17 heavy (non-hydrogen) atoms. The van der Waals surface area contributed by atoms with E-state index in [1.54, 1.807) is 0 Å². The van der Waals surface area contributed by atoms with Crippen molar-refractivity contribution < 1.29 is 13.6 Å². The lowest BCUT2D eigenvalue weighted by atomic mass is 10.1. The van der Waals surface area contributed by atoms with Gasteiger partial charge in [0.25, 0.3) is 5.91 Å². The molecular weight excluding hydrogens is 248 g/mol. The zero-order valence-corrected chi connectivity index (χ0v) is 10.4. The first-order valence-electron chi connectivity index (χ1n) is 5.27. The first-order valence-corrected chi connectivity index (χ1v) is 5.81. The van der Waals surface area contributed by atoms with E-state index in [9.17, 15) is 13.6 Å². The topological polar surface area (TPSA) is 29.1 Å². The molecule has 0 saturated heterocycles. The molecule has 1 rings (SSSR count). The van der Waals surface area contributed by atoms with Crippen LogP contribution in [0, 0.1) is 17.6 Å². The molecule has 1 aromatic rings. The molecule has 0 fully saturated rings. The molecule has 1 N–H and O–H groups in total. The maximum Gasteiger partial charge on any atom is 0.251 e. The van der Waals surface area contributed by atoms with Gasteiger partial charge in [0.15, 0.2) is 11.6 Å². The van der Waals surface area contributed by atoms with Crippen LogP contribution in [0.4, 0.5) is 8.78 Å². The molecule has 1 amide bonds. The molecule has 0 aliphatic heterocycles. The van der Waals surface area contributed by atoms with Crippen molar-refractivity contribution in [1.29, 1.82) is 0 Å². The fraction of sp³-hybridized carbons (Fsp3) is 0.417. The van der Waals surface area contributed by atoms with Crippen LogP contribution in [-0.4, -0.2) is 17.8 Å². The number of halogens is 3. The molecule has 0 heterocycles. The second kappa shape index (κ2) is 5.96. The highest BCUT2D eigenvalue weighted by Gasteiger charge is 2.16. The molecule has 0 radical (unpaired) electrons. The maximum absolute atomic E-state index is 12.9. The number of alkyl halides is 1. The van der Waals surface area contributed by atoms with E-state index in [1.807, 2.05) is 13.8 Å². The Kier molecular flexibility index (Phi) is 4.87. The van der Waals surface area contributed by atoms with Gasteiger partial charge in [-0.3, -0.25) is 4.79 Å². The van der Waals surface area contributed by atoms with Gasteiger partial charge in [-0.05, 0) is 31.0 Å². The van der Waals surface area contributed by atoms with E-state index in [0.29, 0.717) is 5.88 Å². The fourth-order valence-electron chi connectivity index (χ4n) is 1.20. The summed E-state index contributed by atoms with van der Waals surface area (Å²) in [5, 5.41) is 2.68. The lowest BCUT2D eigenvalue weighted by molar-refractivity contribution is 0.0930. The van der Waals surface area contributed by atoms with E-state index in [2.05, 4.69) is 5.32 Å². The highest BCUT2D eigenvalue weighted by Crippen LogP contribution is 2.10. The monoisotopic (exact) mass is 261 g/mol. The minimum Gasteiger partial charge on any atom is -0.349 e. The lowest BCUT2D eigenvalue weighted by Crippen LogP contribution is -2.37. The first kappa shape index (κ1) is 13.9. The van der Waals surface area contributed by atoms with Crippen molar-refractivity contribution in [2.45, 2.75) is 19.9 Å². The average Bonchev–Trinajstić information content (AvgIpc) is 2.31. The van der Waals surface area contributed by atoms with Crippen LogP contribution in [0.3, 0.4) is 0 Å². The van der Waals surface area contributed by atoms with Gasteiger partial charge >= 0.3 is 0 Å². The zero-order chi connectivity index (χ0) is 13.0. The summed E-state index contributed by atoms with van der Waals surface area (Å²) in [5.41, 5.74) is 0.0949. The summed E-state index contributed by atoms with van der Waals surface area (Å²) < 4.78 is 25.6. The number of carbonyl (C=O) groups excluding carboxylic acids is 1. The molecule has 0 aromatic heterocycles. The third-order valence-electron chi connectivity index (χ3n) is 2.64. The van der Waals surface area contributed by atoms with Crippen molar-refractivity contribution in [3.8, 4) is 0 Å². The van der Waals surface area contributed by atoms with Gasteiger partial charge in [-0.1, -0.05) is 6.92 Å². The number of benzene rings is 1. The summed E-state index contributed by atoms with van der Waals surface area (Å²) in [5.74, 6) is -1.92. The predicted molar refractivity (Wildman–Crippen MR) is 63.2 cm³/mol. The van der Waals surface area contributed by atoms with E-state index in [-0.39, 0.29) is 17.5 Å². The predicted octanol–water partition coefficient (Wildman–Crippen LogP) is 2.96. The minimum atomic E-state index is -1.03. The quantitative estimate of drug-likeness (QED) is 0.830. The van der Waals surface area contributed by atoms with E-state index >= 15 is 0 Å². The van der Waals surface area contributed by atoms with Crippen molar-refractivity contribution >= 4 is 17.5 Å². The Morgan fingerprint density at radius 3 is 2.53 bits per heavy atom. The fourth-order valence-corrected chi connectivity index (χ4v) is 1.47. The van der Waals surface area contributed by atoms with Crippen molar-refractivity contribution in [2.75, 3.05) is 5.88 Å². The van der Waals surface area contributed by atoms with Gasteiger partial charge < -0.3 is 5.32 Å². The van der Waals surface area contributed by atoms with E-state index in [0.717, 1.165) is 12.1 Å². The number of rotatable bonds is 4. The summed E-state index contributed by atoms with van der Waals surface area (Å²) >= 11 is 5.66. The molecule has 2 unspecified atom stereocenters. The number of hydrogen-bond acceptors (Lipinski definition) is 1. The Labute approximate surface area is 104 Å². The van der Waals surface area contributed by atoms with Crippen molar-refractivity contribution in [3.63, 3.8) is 0 Å². The Balaban J connectivity index is 2.73. The third kappa shape index (κ3) is 3.66. The number of nitrogens with one attached hydrogen (secondary N) is 1. The van der Waals surface area contributed by atoms with Crippen LogP contribution in [0.15, 0.2) is 18.2 Å². The Morgan fingerprint density at radius 2 is 2.00 bits per heavy atom. The van der Waals surface area contributed by atoms with Gasteiger partial charge in [-0.15, -0.1) is 11.6 Å². The normalized spacial score (nSPS) is 14.2. The molecule has 94 valence electrons. The number of amides is 1. The van der Waals surface area contributed by atoms with E-state index in [1.165, 1.54) is 6.07 Å². The molecule has 0 aliphatic rings. The molecule has 0 bridgehead atoms. The third-order valence-corrected chi connectivity index (χ3v) is 3.12. The molecule has 0 spiro atoms. The van der Waals surface area contributed by atoms with Crippen LogP contribution in [0.5, 0.6) is 0 Å². The smallest absolute Gasteiger partial charge is 0.251 e. The van der Waals surface area contributed by atoms with Crippen LogP contribution in [0.1, 0.15) is 24.2 Å². The Hall–Kier alpha value is -1.16. The van der Waals surface area contributed by atoms with Crippen LogP contribution in [0.2, 0.25) is 0 Å². The van der Waals surface area contributed by atoms with Crippen LogP contribution >= 0.6 is 11.6 Å². The second-order valence-electron chi connectivity index (χ2n) is 4.02. The molecular formula is C12H14ClF2NO. The first-order chi connectivity index (χ1) is 7.95. The summed E-state index contributed by atoms with van der Waals surface area (Å²) in [6.07, 6.45) is 0. The number of hydrogen-bond donors (Lipinski definition) is 1. The van der Waals surface area contributed by atoms with E-state index < -0.39 is 17.5 Å². The van der Waals surface area contributed by atoms with Crippen LogP contribution < -0.4 is 5.32 Å². The molecule has 2 nitrogen and oxygen atoms in total. The second-order valence-corrected chi connectivity index (χ2v) is 4.33. The van der Waals surface area contributed by atoms with Gasteiger partial charge in [0.2, 0.25) is 0 Å². The Morgan fingerprint density at radius 1 is 1.35 bits per heavy atom. The summed E-state index contributed by atoms with van der Waals surface area (Å²) in [7, 11) is 0. The van der Waals surface area contributed by atoms with Crippen LogP contribution in [-0.2, 0) is 0 Å². The molecule has 5 heteroatoms. The molecule has 0 aliphatic carbocycles.